The Hall–Kier alpha value is -2.28. The Labute approximate surface area is 122 Å². The largest absolute Gasteiger partial charge is 0.505 e. The average molecular weight is 317 g/mol. The number of benzene rings is 1. The zero-order valence-electron chi connectivity index (χ0n) is 10.3. The third kappa shape index (κ3) is 3.25. The molecule has 4 nitrogen and oxygen atoms in total. The first kappa shape index (κ1) is 15.1. The summed E-state index contributed by atoms with van der Waals surface area (Å²) in [6.45, 7) is 0. The Bertz CT molecular complexity index is 689. The third-order valence-electron chi connectivity index (χ3n) is 2.60. The molecule has 2 aromatic rings. The Balaban J connectivity index is 2.41. The van der Waals surface area contributed by atoms with Crippen molar-refractivity contribution in [1.29, 1.82) is 0 Å². The lowest BCUT2D eigenvalue weighted by Gasteiger charge is -2.15. The lowest BCUT2D eigenvalue weighted by molar-refractivity contribution is -0.136. The van der Waals surface area contributed by atoms with Crippen LogP contribution in [0.5, 0.6) is 5.75 Å². The number of anilines is 1. The van der Waals surface area contributed by atoms with Crippen LogP contribution in [0.1, 0.15) is 15.9 Å². The van der Waals surface area contributed by atoms with Gasteiger partial charge in [0.1, 0.15) is 5.75 Å². The number of rotatable bonds is 2. The molecular weight excluding hydrogens is 309 g/mol. The van der Waals surface area contributed by atoms with Crippen LogP contribution in [0.15, 0.2) is 36.7 Å². The number of alkyl halides is 3. The topological polar surface area (TPSA) is 62.2 Å². The van der Waals surface area contributed by atoms with E-state index in [1.165, 1.54) is 18.3 Å². The van der Waals surface area contributed by atoms with E-state index in [-0.39, 0.29) is 10.6 Å². The summed E-state index contributed by atoms with van der Waals surface area (Å²) in [6, 6.07) is 4.33. The molecule has 0 saturated heterocycles. The smallest absolute Gasteiger partial charge is 0.418 e. The van der Waals surface area contributed by atoms with Gasteiger partial charge in [-0.05, 0) is 18.2 Å². The van der Waals surface area contributed by atoms with E-state index in [1.807, 2.05) is 0 Å². The second-order valence-corrected chi connectivity index (χ2v) is 4.41. The summed E-state index contributed by atoms with van der Waals surface area (Å²) in [6.07, 6.45) is -2.44. The summed E-state index contributed by atoms with van der Waals surface area (Å²) in [7, 11) is 0. The summed E-state index contributed by atoms with van der Waals surface area (Å²) >= 11 is 5.72. The van der Waals surface area contributed by atoms with Gasteiger partial charge in [0.2, 0.25) is 0 Å². The Morgan fingerprint density at radius 2 is 2.00 bits per heavy atom. The molecule has 0 aliphatic rings. The maximum absolute atomic E-state index is 12.9. The van der Waals surface area contributed by atoms with Crippen LogP contribution in [0, 0.1) is 0 Å². The monoisotopic (exact) mass is 316 g/mol. The van der Waals surface area contributed by atoms with E-state index in [4.69, 9.17) is 11.6 Å². The van der Waals surface area contributed by atoms with Gasteiger partial charge in [0.25, 0.3) is 5.91 Å². The van der Waals surface area contributed by atoms with E-state index in [9.17, 15) is 23.1 Å². The summed E-state index contributed by atoms with van der Waals surface area (Å²) in [5, 5.41) is 11.3. The van der Waals surface area contributed by atoms with Gasteiger partial charge in [-0.15, -0.1) is 0 Å². The van der Waals surface area contributed by atoms with Gasteiger partial charge in [-0.1, -0.05) is 17.7 Å². The fourth-order valence-electron chi connectivity index (χ4n) is 1.65. The quantitative estimate of drug-likeness (QED) is 0.887. The van der Waals surface area contributed by atoms with Crippen LogP contribution >= 0.6 is 11.6 Å². The minimum absolute atomic E-state index is 0.210. The second-order valence-electron chi connectivity index (χ2n) is 4.01. The van der Waals surface area contributed by atoms with Crippen molar-refractivity contribution in [1.82, 2.24) is 4.98 Å². The van der Waals surface area contributed by atoms with Crippen molar-refractivity contribution in [3.05, 3.63) is 52.8 Å². The summed E-state index contributed by atoms with van der Waals surface area (Å²) in [5.41, 5.74) is -1.84. The number of nitrogens with zero attached hydrogens (tertiary/aromatic N) is 1. The molecule has 2 rings (SSSR count). The number of hydrogen-bond donors (Lipinski definition) is 2. The Morgan fingerprint density at radius 1 is 1.29 bits per heavy atom. The van der Waals surface area contributed by atoms with Crippen LogP contribution in [-0.2, 0) is 6.18 Å². The number of nitrogens with one attached hydrogen (secondary N) is 1. The SMILES string of the molecule is O=C(Nc1c(Cl)cccc1C(F)(F)F)c1ccncc1O. The number of aromatic hydroxyl groups is 1. The van der Waals surface area contributed by atoms with Gasteiger partial charge in [-0.3, -0.25) is 9.78 Å². The normalized spacial score (nSPS) is 11.2. The van der Waals surface area contributed by atoms with Gasteiger partial charge >= 0.3 is 6.18 Å². The summed E-state index contributed by atoms with van der Waals surface area (Å²) < 4.78 is 38.7. The van der Waals surface area contributed by atoms with E-state index in [2.05, 4.69) is 10.3 Å². The number of halogens is 4. The second kappa shape index (κ2) is 5.61. The van der Waals surface area contributed by atoms with E-state index in [0.717, 1.165) is 18.3 Å². The maximum Gasteiger partial charge on any atom is 0.418 e. The molecular formula is C13H8ClF3N2O2. The van der Waals surface area contributed by atoms with Crippen molar-refractivity contribution in [3.63, 3.8) is 0 Å². The van der Waals surface area contributed by atoms with Crippen molar-refractivity contribution >= 4 is 23.2 Å². The van der Waals surface area contributed by atoms with E-state index < -0.39 is 29.1 Å². The molecule has 1 aromatic carbocycles. The zero-order chi connectivity index (χ0) is 15.6. The van der Waals surface area contributed by atoms with Gasteiger partial charge in [-0.25, -0.2) is 0 Å². The van der Waals surface area contributed by atoms with E-state index in [1.54, 1.807) is 0 Å². The highest BCUT2D eigenvalue weighted by molar-refractivity contribution is 6.34. The molecule has 8 heteroatoms. The van der Waals surface area contributed by atoms with Crippen LogP contribution in [0.25, 0.3) is 0 Å². The first-order chi connectivity index (χ1) is 9.80. The summed E-state index contributed by atoms with van der Waals surface area (Å²) in [4.78, 5) is 15.5. The zero-order valence-corrected chi connectivity index (χ0v) is 11.0. The first-order valence-electron chi connectivity index (χ1n) is 5.60. The van der Waals surface area contributed by atoms with Crippen molar-refractivity contribution in [3.8, 4) is 5.75 Å². The third-order valence-corrected chi connectivity index (χ3v) is 2.92. The number of para-hydroxylation sites is 1. The van der Waals surface area contributed by atoms with Crippen molar-refractivity contribution in [2.45, 2.75) is 6.18 Å². The van der Waals surface area contributed by atoms with Gasteiger partial charge in [0.15, 0.2) is 0 Å². The van der Waals surface area contributed by atoms with Crippen molar-refractivity contribution in [2.75, 3.05) is 5.32 Å². The highest BCUT2D eigenvalue weighted by Gasteiger charge is 2.35. The van der Waals surface area contributed by atoms with Crippen molar-refractivity contribution < 1.29 is 23.1 Å². The minimum Gasteiger partial charge on any atom is -0.505 e. The molecule has 0 spiro atoms. The van der Waals surface area contributed by atoms with Gasteiger partial charge in [-0.2, -0.15) is 13.2 Å². The van der Waals surface area contributed by atoms with Crippen LogP contribution in [-0.4, -0.2) is 16.0 Å². The van der Waals surface area contributed by atoms with E-state index in [0.29, 0.717) is 0 Å². The molecule has 0 fully saturated rings. The molecule has 0 bridgehead atoms. The molecule has 0 radical (unpaired) electrons. The first-order valence-corrected chi connectivity index (χ1v) is 5.98. The molecule has 21 heavy (non-hydrogen) atoms. The lowest BCUT2D eigenvalue weighted by atomic mass is 10.1. The summed E-state index contributed by atoms with van der Waals surface area (Å²) in [5.74, 6) is -1.37. The molecule has 110 valence electrons. The number of hydrogen-bond acceptors (Lipinski definition) is 3. The number of carbonyl (C=O) groups excluding carboxylic acids is 1. The number of pyridine rings is 1. The number of carbonyl (C=O) groups is 1. The predicted molar refractivity (Wildman–Crippen MR) is 70.3 cm³/mol. The Morgan fingerprint density at radius 3 is 2.62 bits per heavy atom. The van der Waals surface area contributed by atoms with E-state index >= 15 is 0 Å². The average Bonchev–Trinajstić information content (AvgIpc) is 2.40. The standard InChI is InChI=1S/C13H8ClF3N2O2/c14-9-3-1-2-8(13(15,16)17)11(9)19-12(21)7-4-5-18-6-10(7)20/h1-6,20H,(H,19,21). The molecule has 0 atom stereocenters. The molecule has 2 N–H and O–H groups in total. The molecule has 0 unspecified atom stereocenters. The van der Waals surface area contributed by atoms with Gasteiger partial charge in [0.05, 0.1) is 28.0 Å². The van der Waals surface area contributed by atoms with Gasteiger partial charge < -0.3 is 10.4 Å². The van der Waals surface area contributed by atoms with Crippen molar-refractivity contribution in [2.24, 2.45) is 0 Å². The van der Waals surface area contributed by atoms with Crippen LogP contribution in [0.3, 0.4) is 0 Å². The van der Waals surface area contributed by atoms with Crippen LogP contribution in [0.4, 0.5) is 18.9 Å². The maximum atomic E-state index is 12.9. The molecule has 0 saturated carbocycles. The minimum atomic E-state index is -4.67. The lowest BCUT2D eigenvalue weighted by Crippen LogP contribution is -2.17. The van der Waals surface area contributed by atoms with Gasteiger partial charge in [0, 0.05) is 6.20 Å². The Kier molecular flexibility index (Phi) is 4.04. The molecule has 0 aliphatic heterocycles. The predicted octanol–water partition coefficient (Wildman–Crippen LogP) is 3.71. The molecule has 1 amide bonds. The highest BCUT2D eigenvalue weighted by atomic mass is 35.5. The number of aromatic nitrogens is 1. The highest BCUT2D eigenvalue weighted by Crippen LogP contribution is 2.38. The van der Waals surface area contributed by atoms with Crippen LogP contribution in [0.2, 0.25) is 5.02 Å². The van der Waals surface area contributed by atoms with Crippen LogP contribution < -0.4 is 5.32 Å². The molecule has 1 aromatic heterocycles. The molecule has 1 heterocycles. The fraction of sp³-hybridized carbons (Fsp3) is 0.0769. The number of amides is 1. The fourth-order valence-corrected chi connectivity index (χ4v) is 1.87. The molecule has 0 aliphatic carbocycles.